The van der Waals surface area contributed by atoms with Crippen LogP contribution in [0.2, 0.25) is 0 Å². The Balaban J connectivity index is 1.79. The number of primary amides is 1. The second-order valence-electron chi connectivity index (χ2n) is 6.69. The predicted molar refractivity (Wildman–Crippen MR) is 102 cm³/mol. The van der Waals surface area contributed by atoms with Gasteiger partial charge in [-0.05, 0) is 54.2 Å². The summed E-state index contributed by atoms with van der Waals surface area (Å²) in [4.78, 5) is 26.4. The van der Waals surface area contributed by atoms with Gasteiger partial charge in [-0.1, -0.05) is 25.1 Å². The molecule has 0 saturated heterocycles. The Morgan fingerprint density at radius 1 is 1.19 bits per heavy atom. The molecule has 2 amide bonds. The fourth-order valence-corrected chi connectivity index (χ4v) is 3.54. The van der Waals surface area contributed by atoms with Crippen LogP contribution in [-0.2, 0) is 11.2 Å². The van der Waals surface area contributed by atoms with Gasteiger partial charge in [0.2, 0.25) is 11.8 Å². The van der Waals surface area contributed by atoms with Gasteiger partial charge in [-0.15, -0.1) is 0 Å². The third kappa shape index (κ3) is 3.57. The first-order chi connectivity index (χ1) is 12.5. The Morgan fingerprint density at radius 2 is 1.92 bits per heavy atom. The summed E-state index contributed by atoms with van der Waals surface area (Å²) in [7, 11) is 1.64. The lowest BCUT2D eigenvalue weighted by atomic mass is 9.93. The highest BCUT2D eigenvalue weighted by atomic mass is 16.5. The van der Waals surface area contributed by atoms with Crippen LogP contribution in [0.3, 0.4) is 0 Å². The van der Waals surface area contributed by atoms with Crippen molar-refractivity contribution < 1.29 is 14.3 Å². The zero-order valence-corrected chi connectivity index (χ0v) is 15.2. The number of carbonyl (C=O) groups is 2. The minimum Gasteiger partial charge on any atom is -0.497 e. The van der Waals surface area contributed by atoms with Crippen molar-refractivity contribution in [1.82, 2.24) is 0 Å². The summed E-state index contributed by atoms with van der Waals surface area (Å²) in [6, 6.07) is 13.2. The molecule has 26 heavy (non-hydrogen) atoms. The minimum atomic E-state index is -0.442. The standard InChI is InChI=1S/C21H24N2O3/c1-14(15-8-10-16(26-2)11-9-15)13-20(24)23-12-4-6-17-18(21(22)25)5-3-7-19(17)23/h3,5,7-11,14H,4,6,12-13H2,1-2H3,(H2,22,25). The SMILES string of the molecule is COc1ccc(C(C)CC(=O)N2CCCc3c(C(N)=O)cccc32)cc1. The van der Waals surface area contributed by atoms with Crippen LogP contribution in [0.15, 0.2) is 42.5 Å². The Morgan fingerprint density at radius 3 is 2.58 bits per heavy atom. The van der Waals surface area contributed by atoms with Gasteiger partial charge in [-0.2, -0.15) is 0 Å². The molecule has 0 fully saturated rings. The maximum absolute atomic E-state index is 12.9. The van der Waals surface area contributed by atoms with Crippen molar-refractivity contribution in [1.29, 1.82) is 0 Å². The molecule has 0 saturated carbocycles. The van der Waals surface area contributed by atoms with E-state index in [1.54, 1.807) is 24.1 Å². The number of nitrogens with two attached hydrogens (primary N) is 1. The monoisotopic (exact) mass is 352 g/mol. The number of rotatable bonds is 5. The highest BCUT2D eigenvalue weighted by Gasteiger charge is 2.26. The molecular formula is C21H24N2O3. The maximum Gasteiger partial charge on any atom is 0.249 e. The van der Waals surface area contributed by atoms with E-state index < -0.39 is 5.91 Å². The van der Waals surface area contributed by atoms with Gasteiger partial charge in [-0.25, -0.2) is 0 Å². The van der Waals surface area contributed by atoms with E-state index in [2.05, 4.69) is 0 Å². The predicted octanol–water partition coefficient (Wildman–Crippen LogP) is 3.27. The number of ether oxygens (including phenoxy) is 1. The van der Waals surface area contributed by atoms with Crippen molar-refractivity contribution in [3.63, 3.8) is 0 Å². The minimum absolute atomic E-state index is 0.0656. The van der Waals surface area contributed by atoms with E-state index >= 15 is 0 Å². The molecule has 0 aliphatic carbocycles. The second kappa shape index (κ2) is 7.60. The molecule has 136 valence electrons. The molecule has 0 aromatic heterocycles. The highest BCUT2D eigenvalue weighted by molar-refractivity contribution is 6.00. The second-order valence-corrected chi connectivity index (χ2v) is 6.69. The number of carbonyl (C=O) groups excluding carboxylic acids is 2. The third-order valence-electron chi connectivity index (χ3n) is 4.98. The lowest BCUT2D eigenvalue weighted by Crippen LogP contribution is -2.36. The van der Waals surface area contributed by atoms with E-state index in [1.165, 1.54) is 0 Å². The summed E-state index contributed by atoms with van der Waals surface area (Å²) >= 11 is 0. The van der Waals surface area contributed by atoms with Crippen LogP contribution in [0.5, 0.6) is 5.75 Å². The Kier molecular flexibility index (Phi) is 5.26. The molecule has 1 atom stereocenters. The fourth-order valence-electron chi connectivity index (χ4n) is 3.54. The lowest BCUT2D eigenvalue weighted by Gasteiger charge is -2.31. The number of anilines is 1. The topological polar surface area (TPSA) is 72.6 Å². The van der Waals surface area contributed by atoms with Crippen LogP contribution in [-0.4, -0.2) is 25.5 Å². The quantitative estimate of drug-likeness (QED) is 0.897. The van der Waals surface area contributed by atoms with Crippen molar-refractivity contribution in [2.45, 2.75) is 32.1 Å². The molecule has 1 aliphatic rings. The van der Waals surface area contributed by atoms with Gasteiger partial charge in [0.25, 0.3) is 0 Å². The lowest BCUT2D eigenvalue weighted by molar-refractivity contribution is -0.119. The van der Waals surface area contributed by atoms with Crippen LogP contribution in [0.25, 0.3) is 0 Å². The van der Waals surface area contributed by atoms with Crippen LogP contribution in [0, 0.1) is 0 Å². The average Bonchev–Trinajstić information content (AvgIpc) is 2.66. The molecule has 0 bridgehead atoms. The van der Waals surface area contributed by atoms with Gasteiger partial charge in [0.05, 0.1) is 7.11 Å². The van der Waals surface area contributed by atoms with Crippen molar-refractivity contribution in [3.8, 4) is 5.75 Å². The summed E-state index contributed by atoms with van der Waals surface area (Å²) in [6.07, 6.45) is 2.01. The molecular weight excluding hydrogens is 328 g/mol. The molecule has 0 radical (unpaired) electrons. The van der Waals surface area contributed by atoms with Gasteiger partial charge in [0, 0.05) is 24.2 Å². The van der Waals surface area contributed by atoms with Gasteiger partial charge >= 0.3 is 0 Å². The molecule has 1 aliphatic heterocycles. The molecule has 5 heteroatoms. The van der Waals surface area contributed by atoms with Crippen LogP contribution >= 0.6 is 0 Å². The largest absolute Gasteiger partial charge is 0.497 e. The molecule has 3 rings (SSSR count). The van der Waals surface area contributed by atoms with Gasteiger partial charge in [-0.3, -0.25) is 9.59 Å². The third-order valence-corrected chi connectivity index (χ3v) is 4.98. The van der Waals surface area contributed by atoms with Crippen molar-refractivity contribution in [2.24, 2.45) is 5.73 Å². The number of methoxy groups -OCH3 is 1. The zero-order chi connectivity index (χ0) is 18.7. The van der Waals surface area contributed by atoms with Crippen LogP contribution in [0.4, 0.5) is 5.69 Å². The summed E-state index contributed by atoms with van der Waals surface area (Å²) in [5.41, 5.74) is 8.81. The molecule has 2 aromatic rings. The number of benzene rings is 2. The van der Waals surface area contributed by atoms with Crippen LogP contribution in [0.1, 0.15) is 47.2 Å². The number of hydrogen-bond donors (Lipinski definition) is 1. The molecule has 2 aromatic carbocycles. The first kappa shape index (κ1) is 18.0. The summed E-state index contributed by atoms with van der Waals surface area (Å²) in [6.45, 7) is 2.72. The molecule has 1 heterocycles. The average molecular weight is 352 g/mol. The molecule has 5 nitrogen and oxygen atoms in total. The highest BCUT2D eigenvalue weighted by Crippen LogP contribution is 2.32. The number of amides is 2. The van der Waals surface area contributed by atoms with E-state index in [9.17, 15) is 9.59 Å². The van der Waals surface area contributed by atoms with Gasteiger partial charge in [0.1, 0.15) is 5.75 Å². The number of hydrogen-bond acceptors (Lipinski definition) is 3. The summed E-state index contributed by atoms with van der Waals surface area (Å²) in [5.74, 6) is 0.521. The number of fused-ring (bicyclic) bond motifs is 1. The van der Waals surface area contributed by atoms with E-state index in [0.717, 1.165) is 35.4 Å². The van der Waals surface area contributed by atoms with E-state index in [0.29, 0.717) is 18.5 Å². The van der Waals surface area contributed by atoms with Crippen LogP contribution < -0.4 is 15.4 Å². The Bertz CT molecular complexity index is 815. The molecule has 2 N–H and O–H groups in total. The summed E-state index contributed by atoms with van der Waals surface area (Å²) in [5, 5.41) is 0. The van der Waals surface area contributed by atoms with E-state index in [4.69, 9.17) is 10.5 Å². The molecule has 1 unspecified atom stereocenters. The Labute approximate surface area is 153 Å². The first-order valence-electron chi connectivity index (χ1n) is 8.87. The smallest absolute Gasteiger partial charge is 0.249 e. The van der Waals surface area contributed by atoms with Crippen molar-refractivity contribution in [2.75, 3.05) is 18.6 Å². The van der Waals surface area contributed by atoms with Crippen molar-refractivity contribution in [3.05, 3.63) is 59.2 Å². The summed E-state index contributed by atoms with van der Waals surface area (Å²) < 4.78 is 5.18. The zero-order valence-electron chi connectivity index (χ0n) is 15.2. The maximum atomic E-state index is 12.9. The normalized spacial score (nSPS) is 14.5. The van der Waals surface area contributed by atoms with E-state index in [-0.39, 0.29) is 11.8 Å². The van der Waals surface area contributed by atoms with Gasteiger partial charge < -0.3 is 15.4 Å². The first-order valence-corrected chi connectivity index (χ1v) is 8.87. The Hall–Kier alpha value is -2.82. The van der Waals surface area contributed by atoms with E-state index in [1.807, 2.05) is 37.3 Å². The number of nitrogens with zero attached hydrogens (tertiary/aromatic N) is 1. The van der Waals surface area contributed by atoms with Crippen molar-refractivity contribution >= 4 is 17.5 Å². The fraction of sp³-hybridized carbons (Fsp3) is 0.333. The molecule has 0 spiro atoms. The van der Waals surface area contributed by atoms with Gasteiger partial charge in [0.15, 0.2) is 0 Å².